The summed E-state index contributed by atoms with van der Waals surface area (Å²) in [6.07, 6.45) is -5.96. The lowest BCUT2D eigenvalue weighted by Crippen LogP contribution is -2.48. The highest BCUT2D eigenvalue weighted by Gasteiger charge is 2.56. The lowest BCUT2D eigenvalue weighted by atomic mass is 9.76. The van der Waals surface area contributed by atoms with Gasteiger partial charge in [-0.1, -0.05) is 30.3 Å². The maximum Gasteiger partial charge on any atom is 0.573 e. The van der Waals surface area contributed by atoms with Crippen LogP contribution in [-0.2, 0) is 5.41 Å². The minimum atomic E-state index is -4.93. The summed E-state index contributed by atoms with van der Waals surface area (Å²) in [5, 5.41) is 14.3. The number of benzene rings is 3. The monoisotopic (exact) mass is 514 g/mol. The summed E-state index contributed by atoms with van der Waals surface area (Å²) in [5.74, 6) is 0.425. The second-order valence-electron chi connectivity index (χ2n) is 8.85. The van der Waals surface area contributed by atoms with E-state index in [0.717, 1.165) is 22.9 Å². The fourth-order valence-electron chi connectivity index (χ4n) is 5.23. The number of carbonyl (C=O) groups is 1. The van der Waals surface area contributed by atoms with Crippen LogP contribution in [0.15, 0.2) is 60.7 Å². The molecule has 0 radical (unpaired) electrons. The number of amides is 1. The number of nitrogens with zero attached hydrogens (tertiary/aromatic N) is 1. The lowest BCUT2D eigenvalue weighted by molar-refractivity contribution is -0.274. The van der Waals surface area contributed by atoms with Gasteiger partial charge in [-0.25, -0.2) is 0 Å². The summed E-state index contributed by atoms with van der Waals surface area (Å²) in [6.45, 7) is 0.533. The summed E-state index contributed by atoms with van der Waals surface area (Å²) in [5.41, 5.74) is 1.24. The summed E-state index contributed by atoms with van der Waals surface area (Å²) in [7, 11) is 0. The predicted molar refractivity (Wildman–Crippen MR) is 124 cm³/mol. The molecule has 192 valence electrons. The van der Waals surface area contributed by atoms with Gasteiger partial charge in [0.15, 0.2) is 11.5 Å². The average molecular weight is 514 g/mol. The van der Waals surface area contributed by atoms with E-state index in [9.17, 15) is 23.1 Å². The van der Waals surface area contributed by atoms with Crippen molar-refractivity contribution in [3.05, 3.63) is 77.4 Å². The lowest BCUT2D eigenvalue weighted by Gasteiger charge is -2.32. The van der Waals surface area contributed by atoms with E-state index in [4.69, 9.17) is 14.2 Å². The largest absolute Gasteiger partial charge is 0.573 e. The number of fused-ring (bicyclic) bond motifs is 5. The Bertz CT molecular complexity index is 1380. The number of aliphatic hydroxyl groups excluding tert-OH is 1. The Morgan fingerprint density at radius 1 is 1.03 bits per heavy atom. The average Bonchev–Trinajstić information content (AvgIpc) is 3.54. The highest BCUT2D eigenvalue weighted by Crippen LogP contribution is 2.56. The maximum atomic E-state index is 12.7. The van der Waals surface area contributed by atoms with Gasteiger partial charge in [0.05, 0.1) is 5.56 Å². The first-order chi connectivity index (χ1) is 17.8. The Morgan fingerprint density at radius 2 is 1.76 bits per heavy atom. The van der Waals surface area contributed by atoms with Gasteiger partial charge in [-0.3, -0.25) is 4.79 Å². The van der Waals surface area contributed by atoms with Crippen molar-refractivity contribution in [1.82, 2.24) is 5.32 Å². The molecule has 0 fully saturated rings. The molecule has 0 aliphatic carbocycles. The van der Waals surface area contributed by atoms with Crippen LogP contribution in [0.2, 0.25) is 0 Å². The van der Waals surface area contributed by atoms with E-state index in [0.29, 0.717) is 17.2 Å². The number of rotatable bonds is 5. The number of anilines is 1. The Balaban J connectivity index is 1.24. The minimum absolute atomic E-state index is 0.0511. The zero-order chi connectivity index (χ0) is 25.8. The molecule has 0 bridgehead atoms. The normalized spacial score (nSPS) is 21.0. The van der Waals surface area contributed by atoms with Gasteiger partial charge in [-0.2, -0.15) is 0 Å². The smallest absolute Gasteiger partial charge is 0.492 e. The molecule has 11 heteroatoms. The molecule has 6 rings (SSSR count). The van der Waals surface area contributed by atoms with Crippen molar-refractivity contribution >= 4 is 11.6 Å². The molecule has 3 aromatic rings. The highest BCUT2D eigenvalue weighted by molar-refractivity contribution is 5.96. The van der Waals surface area contributed by atoms with Gasteiger partial charge in [-0.15, -0.1) is 13.2 Å². The third-order valence-corrected chi connectivity index (χ3v) is 6.84. The minimum Gasteiger partial charge on any atom is -0.492 e. The topological polar surface area (TPSA) is 89.5 Å². The standard InChI is InChI=1S/C26H21F3N2O6/c27-26(28,29)37-19-8-4-1-5-15(19)23(32)30-9-10-31-18-7-3-2-6-16(18)25(24(31)33)13-34-20-12-22-21(11-17(20)25)35-14-36-22/h1-8,11-12,24,33H,9-10,13-14H2,(H,30,32). The molecule has 2 unspecified atom stereocenters. The van der Waals surface area contributed by atoms with E-state index in [1.807, 2.05) is 30.3 Å². The molecular weight excluding hydrogens is 493 g/mol. The molecule has 1 spiro atoms. The van der Waals surface area contributed by atoms with Gasteiger partial charge in [0.2, 0.25) is 6.79 Å². The van der Waals surface area contributed by atoms with Crippen LogP contribution >= 0.6 is 0 Å². The molecule has 3 aliphatic rings. The Morgan fingerprint density at radius 3 is 2.57 bits per heavy atom. The number of alkyl halides is 3. The van der Waals surface area contributed by atoms with Gasteiger partial charge in [-0.05, 0) is 29.8 Å². The van der Waals surface area contributed by atoms with Gasteiger partial charge in [0.25, 0.3) is 5.91 Å². The number of para-hydroxylation sites is 2. The molecule has 2 N–H and O–H groups in total. The van der Waals surface area contributed by atoms with E-state index in [1.165, 1.54) is 18.2 Å². The van der Waals surface area contributed by atoms with Gasteiger partial charge < -0.3 is 34.3 Å². The van der Waals surface area contributed by atoms with Crippen LogP contribution < -0.4 is 29.2 Å². The van der Waals surface area contributed by atoms with Crippen LogP contribution in [0.1, 0.15) is 21.5 Å². The van der Waals surface area contributed by atoms with Crippen LogP contribution in [0, 0.1) is 0 Å². The van der Waals surface area contributed by atoms with Crippen molar-refractivity contribution in [2.75, 3.05) is 31.4 Å². The van der Waals surface area contributed by atoms with Crippen LogP contribution in [-0.4, -0.2) is 50.1 Å². The summed E-state index contributed by atoms with van der Waals surface area (Å²) < 4.78 is 59.2. The Labute approximate surface area is 209 Å². The van der Waals surface area contributed by atoms with Crippen molar-refractivity contribution in [3.8, 4) is 23.0 Å². The first-order valence-corrected chi connectivity index (χ1v) is 11.5. The molecule has 0 saturated carbocycles. The molecule has 8 nitrogen and oxygen atoms in total. The summed E-state index contributed by atoms with van der Waals surface area (Å²) in [4.78, 5) is 14.4. The number of carbonyl (C=O) groups excluding carboxylic acids is 1. The fraction of sp³-hybridized carbons (Fsp3) is 0.269. The van der Waals surface area contributed by atoms with E-state index >= 15 is 0 Å². The zero-order valence-electron chi connectivity index (χ0n) is 19.2. The first kappa shape index (κ1) is 23.3. The third kappa shape index (κ3) is 3.77. The number of hydrogen-bond donors (Lipinski definition) is 2. The molecule has 2 atom stereocenters. The van der Waals surface area contributed by atoms with Gasteiger partial charge in [0, 0.05) is 30.4 Å². The van der Waals surface area contributed by atoms with Crippen molar-refractivity contribution in [3.63, 3.8) is 0 Å². The third-order valence-electron chi connectivity index (χ3n) is 6.84. The first-order valence-electron chi connectivity index (χ1n) is 11.5. The number of nitrogens with one attached hydrogen (secondary N) is 1. The Hall–Kier alpha value is -4.12. The molecular formula is C26H21F3N2O6. The summed E-state index contributed by atoms with van der Waals surface area (Å²) >= 11 is 0. The molecule has 3 heterocycles. The van der Waals surface area contributed by atoms with Crippen molar-refractivity contribution in [1.29, 1.82) is 0 Å². The van der Waals surface area contributed by atoms with Crippen molar-refractivity contribution < 1.29 is 42.0 Å². The SMILES string of the molecule is O=C(NCCN1c2ccccc2C2(COc3cc4c(cc32)OCO4)C1O)c1ccccc1OC(F)(F)F. The van der Waals surface area contributed by atoms with Crippen LogP contribution in [0.25, 0.3) is 0 Å². The second-order valence-corrected chi connectivity index (χ2v) is 8.85. The quantitative estimate of drug-likeness (QED) is 0.538. The van der Waals surface area contributed by atoms with Crippen molar-refractivity contribution in [2.24, 2.45) is 0 Å². The highest BCUT2D eigenvalue weighted by atomic mass is 19.4. The molecule has 3 aromatic carbocycles. The van der Waals surface area contributed by atoms with E-state index < -0.39 is 29.7 Å². The van der Waals surface area contributed by atoms with Gasteiger partial charge in [0.1, 0.15) is 29.7 Å². The van der Waals surface area contributed by atoms with Gasteiger partial charge >= 0.3 is 6.36 Å². The molecule has 0 saturated heterocycles. The molecule has 0 aromatic heterocycles. The predicted octanol–water partition coefficient (Wildman–Crippen LogP) is 3.56. The number of hydrogen-bond acceptors (Lipinski definition) is 7. The number of ether oxygens (including phenoxy) is 4. The number of halogens is 3. The van der Waals surface area contributed by atoms with E-state index in [-0.39, 0.29) is 32.1 Å². The number of aliphatic hydroxyl groups is 1. The maximum absolute atomic E-state index is 12.7. The molecule has 3 aliphatic heterocycles. The fourth-order valence-corrected chi connectivity index (χ4v) is 5.23. The Kier molecular flexibility index (Phi) is 5.34. The van der Waals surface area contributed by atoms with Crippen molar-refractivity contribution in [2.45, 2.75) is 18.0 Å². The van der Waals surface area contributed by atoms with Crippen LogP contribution in [0.3, 0.4) is 0 Å². The molecule has 37 heavy (non-hydrogen) atoms. The van der Waals surface area contributed by atoms with E-state index in [2.05, 4.69) is 10.1 Å². The van der Waals surface area contributed by atoms with E-state index in [1.54, 1.807) is 11.0 Å². The summed E-state index contributed by atoms with van der Waals surface area (Å²) in [6, 6.07) is 16.2. The zero-order valence-corrected chi connectivity index (χ0v) is 19.2. The van der Waals surface area contributed by atoms with Crippen LogP contribution in [0.4, 0.5) is 18.9 Å². The molecule has 1 amide bonds. The second kappa shape index (κ2) is 8.48. The van der Waals surface area contributed by atoms with Crippen LogP contribution in [0.5, 0.6) is 23.0 Å².